The number of nitrogens with one attached hydrogen (secondary N) is 2. The lowest BCUT2D eigenvalue weighted by Gasteiger charge is -2.10. The molecule has 0 aromatic heterocycles. The molecule has 3 aromatic rings. The van der Waals surface area contributed by atoms with E-state index in [1.807, 2.05) is 66.7 Å². The van der Waals surface area contributed by atoms with Gasteiger partial charge in [-0.1, -0.05) is 42.5 Å². The molecule has 0 aliphatic carbocycles. The summed E-state index contributed by atoms with van der Waals surface area (Å²) in [5.74, 6) is -0.234. The highest BCUT2D eigenvalue weighted by atomic mass is 127. The summed E-state index contributed by atoms with van der Waals surface area (Å²) >= 11 is 7.44. The van der Waals surface area contributed by atoms with Crippen molar-refractivity contribution in [3.63, 3.8) is 0 Å². The van der Waals surface area contributed by atoms with Crippen molar-refractivity contribution >= 4 is 51.5 Å². The molecule has 124 valence electrons. The van der Waals surface area contributed by atoms with Gasteiger partial charge in [-0.25, -0.2) is 0 Å². The summed E-state index contributed by atoms with van der Waals surface area (Å²) in [7, 11) is 0. The van der Waals surface area contributed by atoms with Crippen LogP contribution in [-0.2, 0) is 0 Å². The lowest BCUT2D eigenvalue weighted by atomic mass is 10.0. The van der Waals surface area contributed by atoms with E-state index in [0.29, 0.717) is 5.56 Å². The summed E-state index contributed by atoms with van der Waals surface area (Å²) in [5.41, 5.74) is 3.58. The van der Waals surface area contributed by atoms with Gasteiger partial charge in [0.15, 0.2) is 5.11 Å². The Morgan fingerprint density at radius 1 is 0.800 bits per heavy atom. The molecule has 1 amide bonds. The van der Waals surface area contributed by atoms with Crippen LogP contribution in [0.25, 0.3) is 11.1 Å². The maximum Gasteiger partial charge on any atom is 0.257 e. The molecule has 0 spiro atoms. The number of benzene rings is 3. The third kappa shape index (κ3) is 4.87. The quantitative estimate of drug-likeness (QED) is 0.425. The largest absolute Gasteiger partial charge is 0.332 e. The van der Waals surface area contributed by atoms with Crippen molar-refractivity contribution in [2.75, 3.05) is 5.32 Å². The van der Waals surface area contributed by atoms with Gasteiger partial charge in [-0.05, 0) is 82.3 Å². The van der Waals surface area contributed by atoms with Crippen molar-refractivity contribution in [3.05, 3.63) is 88.0 Å². The molecule has 0 radical (unpaired) electrons. The molecule has 0 unspecified atom stereocenters. The summed E-state index contributed by atoms with van der Waals surface area (Å²) in [6, 6.07) is 25.2. The number of thiocarbonyl (C=S) groups is 1. The highest BCUT2D eigenvalue weighted by Gasteiger charge is 2.08. The average molecular weight is 458 g/mol. The fourth-order valence-electron chi connectivity index (χ4n) is 2.32. The topological polar surface area (TPSA) is 41.1 Å². The molecule has 3 aromatic carbocycles. The fraction of sp³-hybridized carbons (Fsp3) is 0. The maximum absolute atomic E-state index is 12.3. The minimum Gasteiger partial charge on any atom is -0.332 e. The van der Waals surface area contributed by atoms with E-state index in [-0.39, 0.29) is 11.0 Å². The zero-order valence-corrected chi connectivity index (χ0v) is 16.2. The first-order valence-electron chi connectivity index (χ1n) is 7.65. The Hall–Kier alpha value is -2.25. The lowest BCUT2D eigenvalue weighted by molar-refractivity contribution is 0.0978. The predicted molar refractivity (Wildman–Crippen MR) is 115 cm³/mol. The third-order valence-electron chi connectivity index (χ3n) is 3.58. The molecule has 3 rings (SSSR count). The molecule has 25 heavy (non-hydrogen) atoms. The number of anilines is 1. The van der Waals surface area contributed by atoms with Crippen LogP contribution in [0.3, 0.4) is 0 Å². The molecular formula is C20H15IN2OS. The van der Waals surface area contributed by atoms with Gasteiger partial charge < -0.3 is 5.32 Å². The monoisotopic (exact) mass is 458 g/mol. The number of halogens is 1. The van der Waals surface area contributed by atoms with E-state index in [1.54, 1.807) is 12.1 Å². The molecule has 5 heteroatoms. The molecule has 0 aliphatic heterocycles. The number of hydrogen-bond donors (Lipinski definition) is 2. The zero-order valence-electron chi connectivity index (χ0n) is 13.2. The molecular weight excluding hydrogens is 443 g/mol. The van der Waals surface area contributed by atoms with Gasteiger partial charge in [0.25, 0.3) is 5.91 Å². The van der Waals surface area contributed by atoms with Gasteiger partial charge in [0.2, 0.25) is 0 Å². The fourth-order valence-corrected chi connectivity index (χ4v) is 2.89. The summed E-state index contributed by atoms with van der Waals surface area (Å²) in [4.78, 5) is 12.3. The summed E-state index contributed by atoms with van der Waals surface area (Å²) in [5, 5.41) is 5.98. The minimum atomic E-state index is -0.234. The van der Waals surface area contributed by atoms with Gasteiger partial charge in [-0.3, -0.25) is 10.1 Å². The zero-order chi connectivity index (χ0) is 17.6. The number of rotatable bonds is 3. The maximum atomic E-state index is 12.3. The van der Waals surface area contributed by atoms with E-state index in [0.717, 1.165) is 20.4 Å². The first kappa shape index (κ1) is 17.6. The molecule has 0 aliphatic rings. The Balaban J connectivity index is 1.63. The van der Waals surface area contributed by atoms with Gasteiger partial charge in [0, 0.05) is 14.8 Å². The SMILES string of the molecule is O=C(NC(=S)Nc1ccc(I)cc1)c1ccc(-c2ccccc2)cc1. The second-order valence-electron chi connectivity index (χ2n) is 5.36. The van der Waals surface area contributed by atoms with Crippen LogP contribution < -0.4 is 10.6 Å². The molecule has 3 nitrogen and oxygen atoms in total. The molecule has 2 N–H and O–H groups in total. The smallest absolute Gasteiger partial charge is 0.257 e. The summed E-state index contributed by atoms with van der Waals surface area (Å²) in [6.07, 6.45) is 0. The number of hydrogen-bond acceptors (Lipinski definition) is 2. The Morgan fingerprint density at radius 2 is 1.40 bits per heavy atom. The van der Waals surface area contributed by atoms with Crippen LogP contribution in [0, 0.1) is 3.57 Å². The second-order valence-corrected chi connectivity index (χ2v) is 7.01. The van der Waals surface area contributed by atoms with Crippen LogP contribution in [-0.4, -0.2) is 11.0 Å². The molecule has 0 atom stereocenters. The first-order chi connectivity index (χ1) is 12.1. The molecule has 0 heterocycles. The van der Waals surface area contributed by atoms with Gasteiger partial charge in [0.05, 0.1) is 0 Å². The van der Waals surface area contributed by atoms with Crippen LogP contribution in [0.15, 0.2) is 78.9 Å². The second kappa shape index (κ2) is 8.22. The molecule has 0 saturated heterocycles. The van der Waals surface area contributed by atoms with E-state index in [4.69, 9.17) is 12.2 Å². The van der Waals surface area contributed by atoms with E-state index < -0.39 is 0 Å². The van der Waals surface area contributed by atoms with Crippen LogP contribution in [0.2, 0.25) is 0 Å². The lowest BCUT2D eigenvalue weighted by Crippen LogP contribution is -2.34. The van der Waals surface area contributed by atoms with Gasteiger partial charge in [0.1, 0.15) is 0 Å². The standard InChI is InChI=1S/C20H15IN2OS/c21-17-10-12-18(13-11-17)22-20(25)23-19(24)16-8-6-15(7-9-16)14-4-2-1-3-5-14/h1-13H,(H2,22,23,24,25). The number of amides is 1. The average Bonchev–Trinajstić information content (AvgIpc) is 2.64. The number of carbonyl (C=O) groups excluding carboxylic acids is 1. The van der Waals surface area contributed by atoms with Crippen LogP contribution in [0.1, 0.15) is 10.4 Å². The molecule has 0 saturated carbocycles. The highest BCUT2D eigenvalue weighted by molar-refractivity contribution is 14.1. The van der Waals surface area contributed by atoms with Crippen molar-refractivity contribution < 1.29 is 4.79 Å². The van der Waals surface area contributed by atoms with Crippen molar-refractivity contribution in [1.29, 1.82) is 0 Å². The van der Waals surface area contributed by atoms with E-state index in [9.17, 15) is 4.79 Å². The van der Waals surface area contributed by atoms with Crippen molar-refractivity contribution in [3.8, 4) is 11.1 Å². The first-order valence-corrected chi connectivity index (χ1v) is 9.14. The third-order valence-corrected chi connectivity index (χ3v) is 4.51. The summed E-state index contributed by atoms with van der Waals surface area (Å²) in [6.45, 7) is 0. The Bertz CT molecular complexity index is 878. The number of carbonyl (C=O) groups is 1. The van der Waals surface area contributed by atoms with Crippen molar-refractivity contribution in [1.82, 2.24) is 5.32 Å². The van der Waals surface area contributed by atoms with Crippen molar-refractivity contribution in [2.45, 2.75) is 0 Å². The van der Waals surface area contributed by atoms with Gasteiger partial charge >= 0.3 is 0 Å². The Labute approximate surface area is 165 Å². The van der Waals surface area contributed by atoms with Gasteiger partial charge in [-0.15, -0.1) is 0 Å². The Morgan fingerprint density at radius 3 is 2.04 bits per heavy atom. The molecule has 0 bridgehead atoms. The predicted octanol–water partition coefficient (Wildman–Crippen LogP) is 5.09. The van der Waals surface area contributed by atoms with Crippen LogP contribution >= 0.6 is 34.8 Å². The highest BCUT2D eigenvalue weighted by Crippen LogP contribution is 2.19. The van der Waals surface area contributed by atoms with Crippen LogP contribution in [0.4, 0.5) is 5.69 Å². The normalized spacial score (nSPS) is 10.1. The van der Waals surface area contributed by atoms with E-state index in [1.165, 1.54) is 0 Å². The van der Waals surface area contributed by atoms with Gasteiger partial charge in [-0.2, -0.15) is 0 Å². The minimum absolute atomic E-state index is 0.234. The van der Waals surface area contributed by atoms with Crippen molar-refractivity contribution in [2.24, 2.45) is 0 Å². The van der Waals surface area contributed by atoms with E-state index >= 15 is 0 Å². The van der Waals surface area contributed by atoms with E-state index in [2.05, 4.69) is 33.2 Å². The Kier molecular flexibility index (Phi) is 5.78. The van der Waals surface area contributed by atoms with Crippen LogP contribution in [0.5, 0.6) is 0 Å². The summed E-state index contributed by atoms with van der Waals surface area (Å²) < 4.78 is 1.14. The molecule has 0 fully saturated rings.